The molecule has 6 heteroatoms. The Kier molecular flexibility index (Phi) is 5.85. The van der Waals surface area contributed by atoms with E-state index in [4.69, 9.17) is 4.74 Å². The molecule has 22 heavy (non-hydrogen) atoms. The van der Waals surface area contributed by atoms with Crippen molar-refractivity contribution in [3.63, 3.8) is 0 Å². The van der Waals surface area contributed by atoms with Crippen LogP contribution in [0.15, 0.2) is 42.7 Å². The number of carbonyl (C=O) groups is 1. The SMILES string of the molecule is COCCNc1cc(C(=O)NC(C)c2ccccc2)ncn1. The second kappa shape index (κ2) is 8.09. The third-order valence-corrected chi connectivity index (χ3v) is 3.16. The van der Waals surface area contributed by atoms with E-state index in [1.54, 1.807) is 13.2 Å². The maximum absolute atomic E-state index is 12.3. The van der Waals surface area contributed by atoms with Crippen molar-refractivity contribution in [2.45, 2.75) is 13.0 Å². The Balaban J connectivity index is 1.98. The Morgan fingerprint density at radius 3 is 2.77 bits per heavy atom. The van der Waals surface area contributed by atoms with Crippen LogP contribution < -0.4 is 10.6 Å². The molecule has 2 rings (SSSR count). The molecule has 2 aromatic rings. The molecule has 0 saturated heterocycles. The molecule has 1 amide bonds. The number of methoxy groups -OCH3 is 1. The lowest BCUT2D eigenvalue weighted by Crippen LogP contribution is -2.27. The fourth-order valence-electron chi connectivity index (χ4n) is 1.95. The summed E-state index contributed by atoms with van der Waals surface area (Å²) in [5.74, 6) is 0.373. The van der Waals surface area contributed by atoms with E-state index in [1.807, 2.05) is 37.3 Å². The van der Waals surface area contributed by atoms with Crippen LogP contribution in [0.5, 0.6) is 0 Å². The van der Waals surface area contributed by atoms with Crippen LogP contribution in [0.4, 0.5) is 5.82 Å². The van der Waals surface area contributed by atoms with Crippen molar-refractivity contribution in [1.29, 1.82) is 0 Å². The van der Waals surface area contributed by atoms with E-state index in [1.165, 1.54) is 6.33 Å². The predicted molar refractivity (Wildman–Crippen MR) is 84.7 cm³/mol. The number of rotatable bonds is 7. The van der Waals surface area contributed by atoms with Crippen LogP contribution in [0.1, 0.15) is 29.0 Å². The van der Waals surface area contributed by atoms with Gasteiger partial charge in [0.25, 0.3) is 5.91 Å². The number of aromatic nitrogens is 2. The minimum absolute atomic E-state index is 0.0893. The maximum Gasteiger partial charge on any atom is 0.270 e. The molecule has 0 aliphatic rings. The number of carbonyl (C=O) groups excluding carboxylic acids is 1. The van der Waals surface area contributed by atoms with E-state index in [0.29, 0.717) is 24.7 Å². The van der Waals surface area contributed by atoms with E-state index < -0.39 is 0 Å². The van der Waals surface area contributed by atoms with E-state index in [-0.39, 0.29) is 11.9 Å². The van der Waals surface area contributed by atoms with Gasteiger partial charge in [-0.25, -0.2) is 9.97 Å². The summed E-state index contributed by atoms with van der Waals surface area (Å²) >= 11 is 0. The van der Waals surface area contributed by atoms with Crippen molar-refractivity contribution < 1.29 is 9.53 Å². The molecule has 0 fully saturated rings. The Labute approximate surface area is 129 Å². The van der Waals surface area contributed by atoms with Gasteiger partial charge >= 0.3 is 0 Å². The molecule has 0 bridgehead atoms. The van der Waals surface area contributed by atoms with Gasteiger partial charge in [-0.15, -0.1) is 0 Å². The van der Waals surface area contributed by atoms with Crippen molar-refractivity contribution in [3.05, 3.63) is 54.0 Å². The summed E-state index contributed by atoms with van der Waals surface area (Å²) in [5.41, 5.74) is 1.38. The Hall–Kier alpha value is -2.47. The number of ether oxygens (including phenoxy) is 1. The largest absolute Gasteiger partial charge is 0.383 e. The number of hydrogen-bond acceptors (Lipinski definition) is 5. The summed E-state index contributed by atoms with van der Waals surface area (Å²) in [6.07, 6.45) is 1.37. The van der Waals surface area contributed by atoms with Crippen molar-refractivity contribution in [3.8, 4) is 0 Å². The quantitative estimate of drug-likeness (QED) is 0.765. The zero-order valence-electron chi connectivity index (χ0n) is 12.7. The number of anilines is 1. The van der Waals surface area contributed by atoms with Gasteiger partial charge in [-0.2, -0.15) is 0 Å². The first-order valence-corrected chi connectivity index (χ1v) is 7.11. The number of hydrogen-bond donors (Lipinski definition) is 2. The Bertz CT molecular complexity index is 604. The minimum atomic E-state index is -0.228. The number of amides is 1. The third-order valence-electron chi connectivity index (χ3n) is 3.16. The molecule has 0 aliphatic heterocycles. The van der Waals surface area contributed by atoms with Crippen molar-refractivity contribution >= 4 is 11.7 Å². The third kappa shape index (κ3) is 4.53. The van der Waals surface area contributed by atoms with Crippen LogP contribution in [0.25, 0.3) is 0 Å². The van der Waals surface area contributed by atoms with Gasteiger partial charge in [0.2, 0.25) is 0 Å². The maximum atomic E-state index is 12.3. The van der Waals surface area contributed by atoms with E-state index in [2.05, 4.69) is 20.6 Å². The minimum Gasteiger partial charge on any atom is -0.383 e. The number of benzene rings is 1. The lowest BCUT2D eigenvalue weighted by Gasteiger charge is -2.14. The molecule has 0 spiro atoms. The van der Waals surface area contributed by atoms with Crippen LogP contribution in [0.3, 0.4) is 0 Å². The fourth-order valence-corrected chi connectivity index (χ4v) is 1.95. The summed E-state index contributed by atoms with van der Waals surface area (Å²) in [7, 11) is 1.63. The highest BCUT2D eigenvalue weighted by atomic mass is 16.5. The van der Waals surface area contributed by atoms with E-state index in [9.17, 15) is 4.79 Å². The lowest BCUT2D eigenvalue weighted by molar-refractivity contribution is 0.0934. The molecule has 0 radical (unpaired) electrons. The molecule has 0 aliphatic carbocycles. The van der Waals surface area contributed by atoms with Gasteiger partial charge in [0.15, 0.2) is 0 Å². The molecule has 6 nitrogen and oxygen atoms in total. The van der Waals surface area contributed by atoms with E-state index >= 15 is 0 Å². The molecule has 1 aromatic heterocycles. The number of nitrogens with zero attached hydrogens (tertiary/aromatic N) is 2. The predicted octanol–water partition coefficient (Wildman–Crippen LogP) is 2.03. The second-order valence-corrected chi connectivity index (χ2v) is 4.81. The van der Waals surface area contributed by atoms with Crippen molar-refractivity contribution in [2.24, 2.45) is 0 Å². The zero-order valence-corrected chi connectivity index (χ0v) is 12.7. The van der Waals surface area contributed by atoms with Crippen molar-refractivity contribution in [2.75, 3.05) is 25.6 Å². The second-order valence-electron chi connectivity index (χ2n) is 4.81. The fraction of sp³-hybridized carbons (Fsp3) is 0.312. The molecular weight excluding hydrogens is 280 g/mol. The van der Waals surface area contributed by atoms with Gasteiger partial charge in [-0.05, 0) is 12.5 Å². The molecule has 0 saturated carbocycles. The normalized spacial score (nSPS) is 11.7. The van der Waals surface area contributed by atoms with Crippen LogP contribution in [0, 0.1) is 0 Å². The van der Waals surface area contributed by atoms with Gasteiger partial charge in [0, 0.05) is 19.7 Å². The molecule has 1 heterocycles. The topological polar surface area (TPSA) is 76.1 Å². The average Bonchev–Trinajstić information content (AvgIpc) is 2.56. The van der Waals surface area contributed by atoms with Crippen LogP contribution in [0.2, 0.25) is 0 Å². The highest BCUT2D eigenvalue weighted by molar-refractivity contribution is 5.93. The summed E-state index contributed by atoms with van der Waals surface area (Å²) in [5, 5.41) is 5.99. The number of nitrogens with one attached hydrogen (secondary N) is 2. The summed E-state index contributed by atoms with van der Waals surface area (Å²) < 4.78 is 4.96. The van der Waals surface area contributed by atoms with Gasteiger partial charge < -0.3 is 15.4 Å². The Morgan fingerprint density at radius 2 is 2.05 bits per heavy atom. The molecule has 1 aromatic carbocycles. The highest BCUT2D eigenvalue weighted by Gasteiger charge is 2.13. The molecule has 1 unspecified atom stereocenters. The summed E-state index contributed by atoms with van der Waals surface area (Å²) in [6, 6.07) is 11.3. The molecule has 116 valence electrons. The van der Waals surface area contributed by atoms with E-state index in [0.717, 1.165) is 5.56 Å². The average molecular weight is 300 g/mol. The first-order chi connectivity index (χ1) is 10.7. The van der Waals surface area contributed by atoms with Crippen LogP contribution in [-0.2, 0) is 4.74 Å². The monoisotopic (exact) mass is 300 g/mol. The zero-order chi connectivity index (χ0) is 15.8. The smallest absolute Gasteiger partial charge is 0.270 e. The van der Waals surface area contributed by atoms with Crippen molar-refractivity contribution in [1.82, 2.24) is 15.3 Å². The van der Waals surface area contributed by atoms with Gasteiger partial charge in [-0.3, -0.25) is 4.79 Å². The Morgan fingerprint density at radius 1 is 1.27 bits per heavy atom. The van der Waals surface area contributed by atoms with Crippen LogP contribution in [-0.4, -0.2) is 36.1 Å². The first-order valence-electron chi connectivity index (χ1n) is 7.11. The van der Waals surface area contributed by atoms with Gasteiger partial charge in [-0.1, -0.05) is 30.3 Å². The van der Waals surface area contributed by atoms with Gasteiger partial charge in [0.05, 0.1) is 12.6 Å². The first kappa shape index (κ1) is 15.9. The highest BCUT2D eigenvalue weighted by Crippen LogP contribution is 2.12. The molecule has 1 atom stereocenters. The lowest BCUT2D eigenvalue weighted by atomic mass is 10.1. The molecular formula is C16H20N4O2. The molecule has 2 N–H and O–H groups in total. The van der Waals surface area contributed by atoms with Crippen LogP contribution >= 0.6 is 0 Å². The summed E-state index contributed by atoms with van der Waals surface area (Å²) in [6.45, 7) is 3.12. The standard InChI is InChI=1S/C16H20N4O2/c1-12(13-6-4-3-5-7-13)20-16(21)14-10-15(19-11-18-14)17-8-9-22-2/h3-7,10-12H,8-9H2,1-2H3,(H,20,21)(H,17,18,19). The summed E-state index contributed by atoms with van der Waals surface area (Å²) in [4.78, 5) is 20.3. The van der Waals surface area contributed by atoms with Gasteiger partial charge in [0.1, 0.15) is 17.8 Å².